The smallest absolute Gasteiger partial charge is 0.274 e. The van der Waals surface area contributed by atoms with Crippen LogP contribution in [0.25, 0.3) is 0 Å². The Morgan fingerprint density at radius 3 is 2.69 bits per heavy atom. The third kappa shape index (κ3) is 2.18. The van der Waals surface area contributed by atoms with E-state index in [0.717, 1.165) is 18.4 Å². The van der Waals surface area contributed by atoms with E-state index in [2.05, 4.69) is 0 Å². The van der Waals surface area contributed by atoms with Crippen molar-refractivity contribution < 1.29 is 4.92 Å². The third-order valence-corrected chi connectivity index (χ3v) is 3.43. The number of nitro benzene ring substituents is 1. The van der Waals surface area contributed by atoms with E-state index in [1.165, 1.54) is 6.07 Å². The van der Waals surface area contributed by atoms with Crippen LogP contribution in [0.3, 0.4) is 0 Å². The van der Waals surface area contributed by atoms with E-state index in [9.17, 15) is 10.1 Å². The average molecular weight is 241 g/mol. The zero-order valence-electron chi connectivity index (χ0n) is 8.78. The number of benzene rings is 1. The fourth-order valence-electron chi connectivity index (χ4n) is 1.89. The van der Waals surface area contributed by atoms with Crippen molar-refractivity contribution in [1.82, 2.24) is 0 Å². The van der Waals surface area contributed by atoms with Gasteiger partial charge < -0.3 is 5.73 Å². The largest absolute Gasteiger partial charge is 0.330 e. The molecule has 0 bridgehead atoms. The molecule has 1 fully saturated rings. The Kier molecular flexibility index (Phi) is 2.86. The standard InChI is InChI=1S/C11H13ClN2O2/c12-9-2-1-8(10(5-9)14(15)16)6-11(7-13)3-4-11/h1-2,5H,3-4,6-7,13H2. The molecule has 86 valence electrons. The Labute approximate surface area is 98.5 Å². The van der Waals surface area contributed by atoms with Gasteiger partial charge in [0.2, 0.25) is 0 Å². The summed E-state index contributed by atoms with van der Waals surface area (Å²) >= 11 is 5.75. The molecule has 1 aliphatic carbocycles. The lowest BCUT2D eigenvalue weighted by Gasteiger charge is -2.12. The number of hydrogen-bond acceptors (Lipinski definition) is 3. The van der Waals surface area contributed by atoms with Crippen molar-refractivity contribution in [3.63, 3.8) is 0 Å². The lowest BCUT2D eigenvalue weighted by Crippen LogP contribution is -2.18. The van der Waals surface area contributed by atoms with Gasteiger partial charge in [-0.05, 0) is 37.3 Å². The molecule has 2 N–H and O–H groups in total. The molecule has 0 atom stereocenters. The van der Waals surface area contributed by atoms with Crippen molar-refractivity contribution in [3.05, 3.63) is 38.9 Å². The van der Waals surface area contributed by atoms with Gasteiger partial charge in [0.15, 0.2) is 0 Å². The predicted octanol–water partition coefficient (Wildman–Crippen LogP) is 2.53. The summed E-state index contributed by atoms with van der Waals surface area (Å²) < 4.78 is 0. The number of halogens is 1. The maximum Gasteiger partial charge on any atom is 0.274 e. The summed E-state index contributed by atoms with van der Waals surface area (Å²) in [5.74, 6) is 0. The zero-order valence-corrected chi connectivity index (χ0v) is 9.54. The van der Waals surface area contributed by atoms with Gasteiger partial charge in [0.05, 0.1) is 4.92 Å². The van der Waals surface area contributed by atoms with Crippen molar-refractivity contribution >= 4 is 17.3 Å². The summed E-state index contributed by atoms with van der Waals surface area (Å²) in [4.78, 5) is 10.5. The maximum atomic E-state index is 10.9. The van der Waals surface area contributed by atoms with Crippen LogP contribution in [0.4, 0.5) is 5.69 Å². The first-order valence-electron chi connectivity index (χ1n) is 5.19. The first-order chi connectivity index (χ1) is 7.56. The highest BCUT2D eigenvalue weighted by Gasteiger charge is 2.42. The number of nitrogens with two attached hydrogens (primary N) is 1. The van der Waals surface area contributed by atoms with E-state index >= 15 is 0 Å². The molecule has 1 aromatic rings. The van der Waals surface area contributed by atoms with Crippen molar-refractivity contribution in [2.45, 2.75) is 19.3 Å². The second kappa shape index (κ2) is 4.03. The fraction of sp³-hybridized carbons (Fsp3) is 0.455. The molecule has 0 unspecified atom stereocenters. The van der Waals surface area contributed by atoms with Gasteiger partial charge in [0.25, 0.3) is 5.69 Å². The van der Waals surface area contributed by atoms with Gasteiger partial charge in [0, 0.05) is 16.7 Å². The van der Waals surface area contributed by atoms with Gasteiger partial charge in [-0.1, -0.05) is 17.7 Å². The van der Waals surface area contributed by atoms with Crippen LogP contribution < -0.4 is 5.73 Å². The van der Waals surface area contributed by atoms with Crippen molar-refractivity contribution in [1.29, 1.82) is 0 Å². The summed E-state index contributed by atoms with van der Waals surface area (Å²) in [7, 11) is 0. The van der Waals surface area contributed by atoms with Gasteiger partial charge in [-0.2, -0.15) is 0 Å². The van der Waals surface area contributed by atoms with E-state index in [0.29, 0.717) is 18.0 Å². The monoisotopic (exact) mass is 240 g/mol. The Morgan fingerprint density at radius 1 is 1.50 bits per heavy atom. The Hall–Kier alpha value is -1.13. The summed E-state index contributed by atoms with van der Waals surface area (Å²) in [6, 6.07) is 4.83. The van der Waals surface area contributed by atoms with Crippen LogP contribution in [0.1, 0.15) is 18.4 Å². The minimum Gasteiger partial charge on any atom is -0.330 e. The molecule has 0 saturated heterocycles. The number of nitrogens with zero attached hydrogens (tertiary/aromatic N) is 1. The van der Waals surface area contributed by atoms with E-state index < -0.39 is 0 Å². The molecule has 0 aliphatic heterocycles. The third-order valence-electron chi connectivity index (χ3n) is 3.20. The first kappa shape index (κ1) is 11.4. The van der Waals surface area contributed by atoms with Crippen LogP contribution >= 0.6 is 11.6 Å². The Bertz CT molecular complexity index is 430. The van der Waals surface area contributed by atoms with Gasteiger partial charge >= 0.3 is 0 Å². The first-order valence-corrected chi connectivity index (χ1v) is 5.57. The molecule has 5 heteroatoms. The quantitative estimate of drug-likeness (QED) is 0.650. The van der Waals surface area contributed by atoms with Crippen molar-refractivity contribution in [2.24, 2.45) is 11.1 Å². The van der Waals surface area contributed by atoms with Crippen LogP contribution in [0.2, 0.25) is 5.02 Å². The molecule has 1 aliphatic rings. The van der Waals surface area contributed by atoms with Crippen LogP contribution in [-0.4, -0.2) is 11.5 Å². The lowest BCUT2D eigenvalue weighted by molar-refractivity contribution is -0.385. The normalized spacial score (nSPS) is 17.1. The van der Waals surface area contributed by atoms with Crippen LogP contribution in [0, 0.1) is 15.5 Å². The molecule has 4 nitrogen and oxygen atoms in total. The highest BCUT2D eigenvalue weighted by Crippen LogP contribution is 2.48. The molecule has 0 radical (unpaired) electrons. The average Bonchev–Trinajstić information content (AvgIpc) is 3.01. The molecule has 0 heterocycles. The molecular weight excluding hydrogens is 228 g/mol. The van der Waals surface area contributed by atoms with E-state index in [4.69, 9.17) is 17.3 Å². The van der Waals surface area contributed by atoms with Crippen molar-refractivity contribution in [3.8, 4) is 0 Å². The SMILES string of the molecule is NCC1(Cc2ccc(Cl)cc2[N+](=O)[O-])CC1. The van der Waals surface area contributed by atoms with Gasteiger partial charge in [0.1, 0.15) is 0 Å². The van der Waals surface area contributed by atoms with Crippen LogP contribution in [-0.2, 0) is 6.42 Å². The van der Waals surface area contributed by atoms with E-state index in [1.807, 2.05) is 0 Å². The molecule has 0 aromatic heterocycles. The molecule has 0 spiro atoms. The van der Waals surface area contributed by atoms with Crippen LogP contribution in [0.15, 0.2) is 18.2 Å². The molecular formula is C11H13ClN2O2. The second-order valence-corrected chi connectivity index (χ2v) is 4.85. The van der Waals surface area contributed by atoms with Gasteiger partial charge in [-0.25, -0.2) is 0 Å². The summed E-state index contributed by atoms with van der Waals surface area (Å²) in [5, 5.41) is 11.3. The molecule has 0 amide bonds. The van der Waals surface area contributed by atoms with Crippen molar-refractivity contribution in [2.75, 3.05) is 6.54 Å². The van der Waals surface area contributed by atoms with Gasteiger partial charge in [-0.15, -0.1) is 0 Å². The Balaban J connectivity index is 2.29. The molecule has 1 saturated carbocycles. The Morgan fingerprint density at radius 2 is 2.19 bits per heavy atom. The molecule has 1 aromatic carbocycles. The highest BCUT2D eigenvalue weighted by atomic mass is 35.5. The molecule has 2 rings (SSSR count). The number of hydrogen-bond donors (Lipinski definition) is 1. The van der Waals surface area contributed by atoms with E-state index in [-0.39, 0.29) is 16.0 Å². The fourth-order valence-corrected chi connectivity index (χ4v) is 2.06. The lowest BCUT2D eigenvalue weighted by atomic mass is 9.95. The topological polar surface area (TPSA) is 69.2 Å². The van der Waals surface area contributed by atoms with E-state index in [1.54, 1.807) is 12.1 Å². The minimum absolute atomic E-state index is 0.0958. The number of rotatable bonds is 4. The number of nitro groups is 1. The van der Waals surface area contributed by atoms with Gasteiger partial charge in [-0.3, -0.25) is 10.1 Å². The summed E-state index contributed by atoms with van der Waals surface area (Å²) in [6.45, 7) is 0.590. The summed E-state index contributed by atoms with van der Waals surface area (Å²) in [5.41, 5.74) is 6.61. The highest BCUT2D eigenvalue weighted by molar-refractivity contribution is 6.30. The molecule has 16 heavy (non-hydrogen) atoms. The maximum absolute atomic E-state index is 10.9. The van der Waals surface area contributed by atoms with Crippen LogP contribution in [0.5, 0.6) is 0 Å². The predicted molar refractivity (Wildman–Crippen MR) is 62.5 cm³/mol. The minimum atomic E-state index is -0.381. The summed E-state index contributed by atoms with van der Waals surface area (Å²) in [6.07, 6.45) is 2.80. The zero-order chi connectivity index (χ0) is 11.8. The second-order valence-electron chi connectivity index (χ2n) is 4.41.